The highest BCUT2D eigenvalue weighted by molar-refractivity contribution is 5.74. The molecule has 12 heteroatoms. The van der Waals surface area contributed by atoms with Crippen LogP contribution in [0.5, 0.6) is 0 Å². The van der Waals surface area contributed by atoms with Crippen molar-refractivity contribution in [3.05, 3.63) is 48.6 Å². The Morgan fingerprint density at radius 3 is 1.25 bits per heavy atom. The Hall–Kier alpha value is -3.32. The van der Waals surface area contributed by atoms with Crippen molar-refractivity contribution in [1.29, 1.82) is 0 Å². The molecular weight excluding hydrogens is 973 g/mol. The van der Waals surface area contributed by atoms with Crippen LogP contribution in [-0.4, -0.2) is 89.2 Å². The Labute approximate surface area is 469 Å². The summed E-state index contributed by atoms with van der Waals surface area (Å²) in [4.78, 5) is 51.2. The van der Waals surface area contributed by atoms with Crippen LogP contribution in [0.25, 0.3) is 0 Å². The normalized spacial score (nSPS) is 18.3. The van der Waals surface area contributed by atoms with Crippen molar-refractivity contribution < 1.29 is 58.2 Å². The average molecular weight is 1090 g/mol. The van der Waals surface area contributed by atoms with E-state index < -0.39 is 67.3 Å². The molecule has 0 aromatic heterocycles. The van der Waals surface area contributed by atoms with Crippen molar-refractivity contribution in [3.63, 3.8) is 0 Å². The number of aliphatic hydroxyl groups excluding tert-OH is 2. The maximum absolute atomic E-state index is 13.2. The molecule has 0 aliphatic carbocycles. The van der Waals surface area contributed by atoms with Crippen LogP contribution in [0.1, 0.15) is 290 Å². The molecule has 1 rings (SSSR count). The van der Waals surface area contributed by atoms with Crippen molar-refractivity contribution in [2.45, 2.75) is 327 Å². The summed E-state index contributed by atoms with van der Waals surface area (Å²) < 4.78 is 28.5. The first-order chi connectivity index (χ1) is 37.6. The second-order valence-corrected chi connectivity index (χ2v) is 21.7. The number of aliphatic carboxylic acids is 1. The van der Waals surface area contributed by atoms with Gasteiger partial charge in [0.2, 0.25) is 0 Å². The molecule has 0 aromatic rings. The standard InChI is InChI=1S/C65H114O12/c1-4-7-10-13-16-19-22-25-27-28-29-30-32-34-36-39-42-45-48-51-57(66)73-54-56(75-58(67)52-49-46-43-40-38-35-31-26-23-20-17-14-11-8-5-2)55-74-65-63(61(70)60(69)62(77-65)64(71)72)76-59(68)53-50-47-44-41-37-33-24-21-18-15-12-9-6-3/h7,10,16,19,25,27,29-30,56,60-63,65,69-70H,4-6,8-9,11-15,17-18,20-24,26,28,31-55H2,1-3H3,(H,71,72)/b10-7-,19-16-,27-25-,30-29-. The van der Waals surface area contributed by atoms with E-state index in [-0.39, 0.29) is 25.9 Å². The SMILES string of the molecule is CC/C=C\C/C=C\C/C=C\C/C=C\CCCCCCCCC(=O)OCC(COC1OC(C(=O)O)C(O)C(O)C1OC(=O)CCCCCCCCCCCCCCC)OC(=O)CCCCCCCCCCCCCCCCC. The van der Waals surface area contributed by atoms with Crippen molar-refractivity contribution in [3.8, 4) is 0 Å². The molecule has 6 unspecified atom stereocenters. The van der Waals surface area contributed by atoms with Gasteiger partial charge in [-0.05, 0) is 57.8 Å². The van der Waals surface area contributed by atoms with Crippen LogP contribution < -0.4 is 0 Å². The van der Waals surface area contributed by atoms with Gasteiger partial charge in [-0.3, -0.25) is 14.4 Å². The Kier molecular flexibility index (Phi) is 49.7. The average Bonchev–Trinajstić information content (AvgIpc) is 3.42. The monoisotopic (exact) mass is 1090 g/mol. The molecule has 1 fully saturated rings. The number of ether oxygens (including phenoxy) is 5. The Morgan fingerprint density at radius 2 is 0.818 bits per heavy atom. The third-order valence-electron chi connectivity index (χ3n) is 14.4. The molecule has 0 bridgehead atoms. The molecule has 1 heterocycles. The first-order valence-corrected chi connectivity index (χ1v) is 31.6. The van der Waals surface area contributed by atoms with Crippen molar-refractivity contribution in [2.75, 3.05) is 13.2 Å². The molecule has 77 heavy (non-hydrogen) atoms. The highest BCUT2D eigenvalue weighted by Crippen LogP contribution is 2.27. The number of carboxylic acids is 1. The van der Waals surface area contributed by atoms with E-state index in [1.807, 2.05) is 0 Å². The number of allylic oxidation sites excluding steroid dienone is 8. The zero-order valence-corrected chi connectivity index (χ0v) is 49.2. The molecule has 1 aliphatic heterocycles. The molecule has 0 radical (unpaired) electrons. The van der Waals surface area contributed by atoms with E-state index in [0.29, 0.717) is 19.3 Å². The quantitative estimate of drug-likeness (QED) is 0.0228. The minimum atomic E-state index is -1.90. The van der Waals surface area contributed by atoms with Crippen LogP contribution in [0.4, 0.5) is 0 Å². The lowest BCUT2D eigenvalue weighted by Crippen LogP contribution is -2.61. The fourth-order valence-corrected chi connectivity index (χ4v) is 9.60. The van der Waals surface area contributed by atoms with E-state index in [1.54, 1.807) is 0 Å². The lowest BCUT2D eigenvalue weighted by molar-refractivity contribution is -0.301. The van der Waals surface area contributed by atoms with E-state index in [1.165, 1.54) is 122 Å². The first-order valence-electron chi connectivity index (χ1n) is 31.6. The van der Waals surface area contributed by atoms with Crippen LogP contribution in [0.15, 0.2) is 48.6 Å². The Morgan fingerprint density at radius 1 is 0.442 bits per heavy atom. The number of rotatable bonds is 54. The molecular formula is C65H114O12. The van der Waals surface area contributed by atoms with Crippen LogP contribution in [0.3, 0.4) is 0 Å². The number of esters is 3. The van der Waals surface area contributed by atoms with E-state index in [4.69, 9.17) is 23.7 Å². The Bertz CT molecular complexity index is 1520. The number of carbonyl (C=O) groups is 4. The van der Waals surface area contributed by atoms with Crippen LogP contribution in [0.2, 0.25) is 0 Å². The summed E-state index contributed by atoms with van der Waals surface area (Å²) in [6.07, 6.45) is 52.1. The van der Waals surface area contributed by atoms with Crippen LogP contribution in [0, 0.1) is 0 Å². The van der Waals surface area contributed by atoms with Gasteiger partial charge in [0.25, 0.3) is 0 Å². The number of carboxylic acid groups (broad SMARTS) is 1. The lowest BCUT2D eigenvalue weighted by atomic mass is 9.98. The van der Waals surface area contributed by atoms with E-state index >= 15 is 0 Å². The number of hydrogen-bond acceptors (Lipinski definition) is 11. The summed E-state index contributed by atoms with van der Waals surface area (Å²) in [5.74, 6) is -3.11. The second kappa shape index (κ2) is 53.3. The van der Waals surface area contributed by atoms with Gasteiger partial charge in [0.15, 0.2) is 24.6 Å². The van der Waals surface area contributed by atoms with Gasteiger partial charge in [-0.1, -0.05) is 262 Å². The first kappa shape index (κ1) is 71.7. The number of unbranched alkanes of at least 4 members (excludes halogenated alkanes) is 32. The van der Waals surface area contributed by atoms with Crippen LogP contribution >= 0.6 is 0 Å². The molecule has 0 saturated carbocycles. The summed E-state index contributed by atoms with van der Waals surface area (Å²) in [7, 11) is 0. The second-order valence-electron chi connectivity index (χ2n) is 21.7. The van der Waals surface area contributed by atoms with Gasteiger partial charge in [-0.25, -0.2) is 4.79 Å². The third-order valence-corrected chi connectivity index (χ3v) is 14.4. The lowest BCUT2D eigenvalue weighted by Gasteiger charge is -2.40. The van der Waals surface area contributed by atoms with Gasteiger partial charge in [-0.2, -0.15) is 0 Å². The molecule has 0 aromatic carbocycles. The summed E-state index contributed by atoms with van der Waals surface area (Å²) >= 11 is 0. The predicted molar refractivity (Wildman–Crippen MR) is 312 cm³/mol. The van der Waals surface area contributed by atoms with Gasteiger partial charge >= 0.3 is 23.9 Å². The van der Waals surface area contributed by atoms with Gasteiger partial charge in [-0.15, -0.1) is 0 Å². The van der Waals surface area contributed by atoms with E-state index in [2.05, 4.69) is 69.4 Å². The van der Waals surface area contributed by atoms with Crippen molar-refractivity contribution >= 4 is 23.9 Å². The third kappa shape index (κ3) is 43.2. The zero-order valence-electron chi connectivity index (χ0n) is 49.2. The smallest absolute Gasteiger partial charge is 0.335 e. The van der Waals surface area contributed by atoms with Crippen molar-refractivity contribution in [1.82, 2.24) is 0 Å². The summed E-state index contributed by atoms with van der Waals surface area (Å²) in [6, 6.07) is 0. The minimum Gasteiger partial charge on any atom is -0.479 e. The predicted octanol–water partition coefficient (Wildman–Crippen LogP) is 16.6. The van der Waals surface area contributed by atoms with E-state index in [9.17, 15) is 34.5 Å². The fourth-order valence-electron chi connectivity index (χ4n) is 9.60. The fraction of sp³-hybridized carbons (Fsp3) is 0.815. The van der Waals surface area contributed by atoms with Gasteiger partial charge < -0.3 is 39.0 Å². The van der Waals surface area contributed by atoms with Crippen LogP contribution in [-0.2, 0) is 42.9 Å². The number of hydrogen-bond donors (Lipinski definition) is 3. The van der Waals surface area contributed by atoms with Gasteiger partial charge in [0.05, 0.1) is 6.61 Å². The molecule has 0 amide bonds. The summed E-state index contributed by atoms with van der Waals surface area (Å²) in [6.45, 7) is 5.90. The largest absolute Gasteiger partial charge is 0.479 e. The maximum Gasteiger partial charge on any atom is 0.335 e. The van der Waals surface area contributed by atoms with Gasteiger partial charge in [0, 0.05) is 19.3 Å². The molecule has 3 N–H and O–H groups in total. The van der Waals surface area contributed by atoms with Gasteiger partial charge in [0.1, 0.15) is 18.8 Å². The summed E-state index contributed by atoms with van der Waals surface area (Å²) in [5.41, 5.74) is 0. The minimum absolute atomic E-state index is 0.0638. The number of carbonyl (C=O) groups excluding carboxylic acids is 3. The zero-order chi connectivity index (χ0) is 56.1. The molecule has 12 nitrogen and oxygen atoms in total. The topological polar surface area (TPSA) is 175 Å². The Balaban J connectivity index is 2.66. The number of aliphatic hydroxyl groups is 2. The highest BCUT2D eigenvalue weighted by Gasteiger charge is 2.50. The molecule has 1 aliphatic rings. The summed E-state index contributed by atoms with van der Waals surface area (Å²) in [5, 5.41) is 31.5. The molecule has 0 spiro atoms. The maximum atomic E-state index is 13.2. The van der Waals surface area contributed by atoms with E-state index in [0.717, 1.165) is 109 Å². The molecule has 1 saturated heterocycles. The highest BCUT2D eigenvalue weighted by atomic mass is 16.7. The molecule has 6 atom stereocenters. The molecule has 446 valence electrons. The van der Waals surface area contributed by atoms with Crippen molar-refractivity contribution in [2.24, 2.45) is 0 Å².